The van der Waals surface area contributed by atoms with Crippen molar-refractivity contribution < 1.29 is 23.8 Å². The van der Waals surface area contributed by atoms with Gasteiger partial charge in [0.05, 0.1) is 36.7 Å². The van der Waals surface area contributed by atoms with E-state index < -0.39 is 17.8 Å². The van der Waals surface area contributed by atoms with E-state index in [9.17, 15) is 15.2 Å². The van der Waals surface area contributed by atoms with Crippen molar-refractivity contribution in [1.82, 2.24) is 9.55 Å². The summed E-state index contributed by atoms with van der Waals surface area (Å²) in [6.45, 7) is 4.02. The number of anilines is 1. The maximum Gasteiger partial charge on any atom is 0.239 e. The van der Waals surface area contributed by atoms with Crippen LogP contribution in [0.3, 0.4) is 0 Å². The highest BCUT2D eigenvalue weighted by atomic mass is 32.1. The predicted molar refractivity (Wildman–Crippen MR) is 144 cm³/mol. The van der Waals surface area contributed by atoms with Crippen LogP contribution >= 0.6 is 11.3 Å². The van der Waals surface area contributed by atoms with Gasteiger partial charge in [0.25, 0.3) is 0 Å². The van der Waals surface area contributed by atoms with Gasteiger partial charge in [0, 0.05) is 23.2 Å². The second-order valence-corrected chi connectivity index (χ2v) is 10.3. The number of aromatic nitrogens is 2. The third kappa shape index (κ3) is 5.21. The molecule has 0 radical (unpaired) electrons. The number of pyridine rings is 1. The molecule has 0 fully saturated rings. The summed E-state index contributed by atoms with van der Waals surface area (Å²) < 4.78 is 28.1. The predicted octanol–water partition coefficient (Wildman–Crippen LogP) is 4.86. The average Bonchev–Trinajstić information content (AvgIpc) is 3.50. The van der Waals surface area contributed by atoms with E-state index in [0.29, 0.717) is 27.7 Å². The fourth-order valence-electron chi connectivity index (χ4n) is 4.26. The van der Waals surface area contributed by atoms with Crippen LogP contribution in [0.5, 0.6) is 17.4 Å². The minimum absolute atomic E-state index is 0.0992. The number of nitrogens with one attached hydrogen (secondary N) is 1. The van der Waals surface area contributed by atoms with Gasteiger partial charge in [0.15, 0.2) is 11.6 Å². The Balaban J connectivity index is 1.89. The summed E-state index contributed by atoms with van der Waals surface area (Å²) in [5.74, 6) is -0.460. The quantitative estimate of drug-likeness (QED) is 0.263. The van der Waals surface area contributed by atoms with E-state index in [4.69, 9.17) is 15.2 Å². The summed E-state index contributed by atoms with van der Waals surface area (Å²) in [7, 11) is 3.08. The van der Waals surface area contributed by atoms with Crippen molar-refractivity contribution in [2.75, 3.05) is 19.5 Å². The number of carbonyl (C=O) groups is 1. The Morgan fingerprint density at radius 1 is 1.29 bits per heavy atom. The Labute approximate surface area is 223 Å². The normalized spacial score (nSPS) is 11.9. The standard InChI is InChI=1S/C27H28FN5O4S/c1-14(2)9-19(25(30)34)31-26-23(28)18-13-33(12-15-5-6-16(36-3)10-20(15)37-4)27(35)22(18)24(32-26)21-8-7-17(11-29)38-21/h5-8,10,13-14,19,31,35H,9,12H2,1-4H3,(H2,30,34)/t19-/m1/s1. The minimum Gasteiger partial charge on any atom is -0.497 e. The van der Waals surface area contributed by atoms with Crippen LogP contribution in [0.1, 0.15) is 30.7 Å². The molecular weight excluding hydrogens is 509 g/mol. The number of benzene rings is 1. The molecule has 0 saturated heterocycles. The monoisotopic (exact) mass is 537 g/mol. The Hall–Kier alpha value is -4.30. The molecule has 0 unspecified atom stereocenters. The molecule has 38 heavy (non-hydrogen) atoms. The molecule has 4 rings (SSSR count). The molecule has 4 N–H and O–H groups in total. The second-order valence-electron chi connectivity index (χ2n) is 9.17. The molecule has 0 aliphatic carbocycles. The summed E-state index contributed by atoms with van der Waals surface area (Å²) in [5.41, 5.74) is 6.58. The van der Waals surface area contributed by atoms with Gasteiger partial charge >= 0.3 is 0 Å². The molecule has 3 heterocycles. The Bertz CT molecular complexity index is 1540. The molecule has 0 aliphatic heterocycles. The molecule has 1 aromatic carbocycles. The van der Waals surface area contributed by atoms with Crippen LogP contribution in [0.2, 0.25) is 0 Å². The highest BCUT2D eigenvalue weighted by Gasteiger charge is 2.26. The fourth-order valence-corrected chi connectivity index (χ4v) is 5.06. The van der Waals surface area contributed by atoms with E-state index in [2.05, 4.69) is 16.4 Å². The smallest absolute Gasteiger partial charge is 0.239 e. The number of halogens is 1. The number of nitrogens with zero attached hydrogens (tertiary/aromatic N) is 3. The zero-order valence-electron chi connectivity index (χ0n) is 21.4. The summed E-state index contributed by atoms with van der Waals surface area (Å²) in [6, 6.07) is 9.84. The Kier molecular flexibility index (Phi) is 7.73. The number of fused-ring (bicyclic) bond motifs is 1. The van der Waals surface area contributed by atoms with Crippen molar-refractivity contribution in [3.8, 4) is 34.0 Å². The van der Waals surface area contributed by atoms with Crippen LogP contribution in [-0.4, -0.2) is 40.8 Å². The van der Waals surface area contributed by atoms with E-state index in [1.54, 1.807) is 37.4 Å². The number of ether oxygens (including phenoxy) is 2. The van der Waals surface area contributed by atoms with Gasteiger partial charge in [-0.1, -0.05) is 13.8 Å². The molecular formula is C27H28FN5O4S. The van der Waals surface area contributed by atoms with Crippen LogP contribution in [0.25, 0.3) is 21.3 Å². The van der Waals surface area contributed by atoms with Crippen LogP contribution in [-0.2, 0) is 11.3 Å². The van der Waals surface area contributed by atoms with E-state index in [0.717, 1.165) is 16.9 Å². The van der Waals surface area contributed by atoms with Crippen LogP contribution in [0.4, 0.5) is 10.2 Å². The van der Waals surface area contributed by atoms with Gasteiger partial charge in [0.1, 0.15) is 28.5 Å². The van der Waals surface area contributed by atoms with E-state index in [-0.39, 0.29) is 40.6 Å². The maximum absolute atomic E-state index is 15.9. The molecule has 4 aromatic rings. The number of rotatable bonds is 10. The van der Waals surface area contributed by atoms with Crippen LogP contribution in [0.15, 0.2) is 36.5 Å². The Morgan fingerprint density at radius 3 is 2.66 bits per heavy atom. The van der Waals surface area contributed by atoms with Crippen LogP contribution in [0, 0.1) is 23.1 Å². The first kappa shape index (κ1) is 26.8. The van der Waals surface area contributed by atoms with Crippen molar-refractivity contribution in [2.24, 2.45) is 11.7 Å². The van der Waals surface area contributed by atoms with Crippen molar-refractivity contribution in [3.63, 3.8) is 0 Å². The first-order valence-electron chi connectivity index (χ1n) is 11.8. The molecule has 0 saturated carbocycles. The van der Waals surface area contributed by atoms with E-state index in [1.807, 2.05) is 13.8 Å². The summed E-state index contributed by atoms with van der Waals surface area (Å²) >= 11 is 1.16. The lowest BCUT2D eigenvalue weighted by molar-refractivity contribution is -0.119. The molecule has 0 aliphatic rings. The summed E-state index contributed by atoms with van der Waals surface area (Å²) in [6.07, 6.45) is 1.87. The number of aromatic hydroxyl groups is 1. The first-order chi connectivity index (χ1) is 18.2. The number of thiophene rings is 1. The lowest BCUT2D eigenvalue weighted by Gasteiger charge is -2.19. The van der Waals surface area contributed by atoms with Gasteiger partial charge in [0.2, 0.25) is 11.8 Å². The first-order valence-corrected chi connectivity index (χ1v) is 12.7. The average molecular weight is 538 g/mol. The number of carbonyl (C=O) groups excluding carboxylic acids is 1. The number of nitriles is 1. The molecule has 198 valence electrons. The molecule has 0 bridgehead atoms. The van der Waals surface area contributed by atoms with Gasteiger partial charge in [-0.15, -0.1) is 11.3 Å². The number of methoxy groups -OCH3 is 2. The summed E-state index contributed by atoms with van der Waals surface area (Å²) in [5, 5.41) is 23.7. The van der Waals surface area contributed by atoms with E-state index in [1.165, 1.54) is 17.9 Å². The van der Waals surface area contributed by atoms with Crippen molar-refractivity contribution in [2.45, 2.75) is 32.9 Å². The third-order valence-electron chi connectivity index (χ3n) is 6.10. The van der Waals surface area contributed by atoms with Gasteiger partial charge in [-0.25, -0.2) is 9.37 Å². The highest BCUT2D eigenvalue weighted by molar-refractivity contribution is 7.16. The second kappa shape index (κ2) is 11.0. The molecule has 1 atom stereocenters. The largest absolute Gasteiger partial charge is 0.497 e. The van der Waals surface area contributed by atoms with Gasteiger partial charge in [-0.05, 0) is 36.6 Å². The maximum atomic E-state index is 15.9. The van der Waals surface area contributed by atoms with Gasteiger partial charge < -0.3 is 30.2 Å². The molecule has 9 nitrogen and oxygen atoms in total. The number of nitrogens with two attached hydrogens (primary N) is 1. The zero-order valence-corrected chi connectivity index (χ0v) is 22.2. The topological polar surface area (TPSA) is 135 Å². The van der Waals surface area contributed by atoms with Crippen LogP contribution < -0.4 is 20.5 Å². The number of hydrogen-bond acceptors (Lipinski definition) is 8. The molecule has 0 spiro atoms. The lowest BCUT2D eigenvalue weighted by atomic mass is 10.0. The Morgan fingerprint density at radius 2 is 2.05 bits per heavy atom. The van der Waals surface area contributed by atoms with Crippen molar-refractivity contribution in [3.05, 3.63) is 52.8 Å². The highest BCUT2D eigenvalue weighted by Crippen LogP contribution is 2.41. The number of hydrogen-bond donors (Lipinski definition) is 3. The lowest BCUT2D eigenvalue weighted by Crippen LogP contribution is -2.37. The number of primary amides is 1. The van der Waals surface area contributed by atoms with Crippen molar-refractivity contribution in [1.29, 1.82) is 5.26 Å². The minimum atomic E-state index is -0.848. The third-order valence-corrected chi connectivity index (χ3v) is 7.10. The molecule has 3 aromatic heterocycles. The number of amides is 1. The SMILES string of the molecule is COc1ccc(Cn2cc3c(F)c(N[C@H](CC(C)C)C(N)=O)nc(-c4ccc(C#N)s4)c3c2O)c(OC)c1. The van der Waals surface area contributed by atoms with Gasteiger partial charge in [-0.2, -0.15) is 5.26 Å². The summed E-state index contributed by atoms with van der Waals surface area (Å²) in [4.78, 5) is 17.6. The molecule has 1 amide bonds. The zero-order chi connectivity index (χ0) is 27.6. The van der Waals surface area contributed by atoms with Gasteiger partial charge in [-0.3, -0.25) is 4.79 Å². The van der Waals surface area contributed by atoms with Crippen molar-refractivity contribution >= 4 is 33.8 Å². The fraction of sp³-hybridized carbons (Fsp3) is 0.296. The van der Waals surface area contributed by atoms with E-state index >= 15 is 4.39 Å². The molecule has 11 heteroatoms.